The molecule has 3 N–H and O–H groups in total. The number of halogens is 1. The fraction of sp³-hybridized carbons (Fsp3) is 0.473. The molecule has 0 spiro atoms. The van der Waals surface area contributed by atoms with E-state index in [2.05, 4.69) is 71.9 Å². The summed E-state index contributed by atoms with van der Waals surface area (Å²) in [7, 11) is 0. The molecule has 2 fully saturated rings. The van der Waals surface area contributed by atoms with Gasteiger partial charge < -0.3 is 35.0 Å². The number of benzene rings is 3. The summed E-state index contributed by atoms with van der Waals surface area (Å²) < 4.78 is 14.0. The van der Waals surface area contributed by atoms with Gasteiger partial charge in [0.2, 0.25) is 23.4 Å². The van der Waals surface area contributed by atoms with Crippen molar-refractivity contribution < 1.29 is 33.8 Å². The summed E-state index contributed by atoms with van der Waals surface area (Å²) in [6, 6.07) is 18.7. The van der Waals surface area contributed by atoms with E-state index >= 15 is 0 Å². The highest BCUT2D eigenvalue weighted by molar-refractivity contribution is 7.13. The minimum absolute atomic E-state index is 0.0117. The first-order valence-electron chi connectivity index (χ1n) is 24.6. The molecule has 1 aliphatic carbocycles. The number of hydrogen-bond acceptors (Lipinski definition) is 10. The normalized spacial score (nSPS) is 20.8. The number of amides is 4. The van der Waals surface area contributed by atoms with Gasteiger partial charge in [0.25, 0.3) is 5.91 Å². The van der Waals surface area contributed by atoms with Crippen molar-refractivity contribution in [2.24, 2.45) is 16.2 Å². The molecule has 3 aliphatic rings. The Bertz CT molecular complexity index is 2870. The zero-order chi connectivity index (χ0) is 51.9. The van der Waals surface area contributed by atoms with Crippen molar-refractivity contribution in [3.8, 4) is 27.4 Å². The summed E-state index contributed by atoms with van der Waals surface area (Å²) in [5.74, 6) is -0.675. The van der Waals surface area contributed by atoms with E-state index in [4.69, 9.17) is 27.6 Å². The van der Waals surface area contributed by atoms with Gasteiger partial charge in [-0.15, -0.1) is 16.4 Å². The lowest BCUT2D eigenvalue weighted by Crippen LogP contribution is -2.74. The summed E-state index contributed by atoms with van der Waals surface area (Å²) >= 11 is 8.00. The van der Waals surface area contributed by atoms with Crippen LogP contribution in [0.5, 0.6) is 5.75 Å². The number of unbranched alkanes of at least 4 members (excludes halogenated alkanes) is 1. The van der Waals surface area contributed by atoms with E-state index in [1.807, 2.05) is 81.3 Å². The lowest BCUT2D eigenvalue weighted by Gasteiger charge is -2.65. The number of rotatable bonds is 17. The van der Waals surface area contributed by atoms with Crippen LogP contribution in [0.1, 0.15) is 108 Å². The molecule has 0 radical (unpaired) electrons. The minimum atomic E-state index is -0.968. The van der Waals surface area contributed by atoms with Gasteiger partial charge in [-0.3, -0.25) is 23.9 Å². The Morgan fingerprint density at radius 2 is 1.72 bits per heavy atom. The number of nitrogens with one attached hydrogen (secondary N) is 2. The van der Waals surface area contributed by atoms with Gasteiger partial charge in [0.15, 0.2) is 0 Å². The van der Waals surface area contributed by atoms with Crippen LogP contribution in [0.4, 0.5) is 5.69 Å². The van der Waals surface area contributed by atoms with Crippen molar-refractivity contribution in [3.05, 3.63) is 117 Å². The number of thiophene rings is 1. The lowest BCUT2D eigenvalue weighted by atomic mass is 9.49. The molecule has 3 aromatic carbocycles. The summed E-state index contributed by atoms with van der Waals surface area (Å²) in [4.78, 5) is 63.0. The van der Waals surface area contributed by atoms with E-state index < -0.39 is 35.4 Å². The van der Waals surface area contributed by atoms with E-state index in [0.717, 1.165) is 22.3 Å². The highest BCUT2D eigenvalue weighted by Crippen LogP contribution is 2.59. The first kappa shape index (κ1) is 52.2. The summed E-state index contributed by atoms with van der Waals surface area (Å²) in [6.07, 6.45) is 2.24. The van der Waals surface area contributed by atoms with Crippen molar-refractivity contribution in [3.63, 3.8) is 0 Å². The molecule has 380 valence electrons. The Balaban J connectivity index is 0.787. The molecule has 1 saturated carbocycles. The molecule has 4 amide bonds. The Labute approximate surface area is 431 Å². The maximum Gasteiger partial charge on any atom is 0.254 e. The second-order valence-corrected chi connectivity index (χ2v) is 23.1. The van der Waals surface area contributed by atoms with E-state index in [9.17, 15) is 24.3 Å². The summed E-state index contributed by atoms with van der Waals surface area (Å²) in [6.45, 7) is 26.4. The fourth-order valence-electron chi connectivity index (χ4n) is 11.2. The average Bonchev–Trinajstić information content (AvgIpc) is 4.14. The number of aryl methyl sites for hydroxylation is 2. The van der Waals surface area contributed by atoms with Crippen LogP contribution in [0.25, 0.3) is 26.5 Å². The highest BCUT2D eigenvalue weighted by Gasteiger charge is 2.67. The Kier molecular flexibility index (Phi) is 15.1. The maximum absolute atomic E-state index is 14.1. The van der Waals surface area contributed by atoms with Gasteiger partial charge in [0, 0.05) is 65.5 Å². The van der Waals surface area contributed by atoms with Crippen LogP contribution in [-0.4, -0.2) is 104 Å². The number of carbonyl (C=O) groups excluding carboxylic acids is 4. The third kappa shape index (κ3) is 10.7. The summed E-state index contributed by atoms with van der Waals surface area (Å²) in [5.41, 5.74) is 5.29. The number of hydrogen-bond donors (Lipinski definition) is 3. The Morgan fingerprint density at radius 3 is 2.39 bits per heavy atom. The van der Waals surface area contributed by atoms with Crippen LogP contribution in [-0.2, 0) is 32.2 Å². The molecular formula is C55H65ClN8O7S. The largest absolute Gasteiger partial charge is 0.489 e. The Morgan fingerprint density at radius 1 is 1.00 bits per heavy atom. The van der Waals surface area contributed by atoms with E-state index in [1.165, 1.54) is 15.3 Å². The molecule has 2 aromatic heterocycles. The minimum Gasteiger partial charge on any atom is -0.489 e. The summed E-state index contributed by atoms with van der Waals surface area (Å²) in [5, 5.41) is 27.8. The molecule has 0 bridgehead atoms. The number of β-amino-alcohol motifs (C(OH)–C–C–N with tert-alkyl or cyclic N) is 1. The predicted molar refractivity (Wildman–Crippen MR) is 277 cm³/mol. The average molecular weight is 1020 g/mol. The van der Waals surface area contributed by atoms with Crippen LogP contribution in [0.15, 0.2) is 78.3 Å². The molecule has 5 aromatic rings. The molecule has 4 atom stereocenters. The first-order chi connectivity index (χ1) is 34.1. The molecule has 2 aliphatic heterocycles. The smallest absolute Gasteiger partial charge is 0.254 e. The number of fused-ring (bicyclic) bond motifs is 1. The van der Waals surface area contributed by atoms with Gasteiger partial charge in [0.1, 0.15) is 36.2 Å². The second-order valence-electron chi connectivity index (χ2n) is 21.7. The molecular weight excluding hydrogens is 952 g/mol. The van der Waals surface area contributed by atoms with Crippen molar-refractivity contribution in [1.82, 2.24) is 35.4 Å². The van der Waals surface area contributed by atoms with Gasteiger partial charge in [-0.2, -0.15) is 0 Å². The van der Waals surface area contributed by atoms with Gasteiger partial charge in [-0.05, 0) is 90.1 Å². The number of carbonyl (C=O) groups is 4. The van der Waals surface area contributed by atoms with E-state index in [1.54, 1.807) is 34.2 Å². The zero-order valence-electron chi connectivity index (χ0n) is 42.5. The van der Waals surface area contributed by atoms with Crippen molar-refractivity contribution >= 4 is 52.3 Å². The molecule has 17 heteroatoms. The number of likely N-dealkylation sites (tertiary alicyclic amines) is 1. The third-order valence-electron chi connectivity index (χ3n) is 14.5. The molecule has 0 unspecified atom stereocenters. The SMILES string of the molecule is [C-]#[N+]c1ccc(OC2C(C)(C)C(N3Cc4cc(-c5cn(CCCCOCC(=O)N[C@H](C(=O)N6C[C@H](O)C[C@H]6C(=O)N[C@@H](C)c6ccc(-c7sccc7C)cc6)C(C)(C)C)nn5)ccc4C3=O)C2(C)C)cc1Cl. The van der Waals surface area contributed by atoms with Crippen LogP contribution in [0.2, 0.25) is 5.02 Å². The number of aliphatic hydroxyl groups is 1. The Hall–Kier alpha value is -6.12. The molecule has 1 saturated heterocycles. The maximum atomic E-state index is 14.1. The van der Waals surface area contributed by atoms with Crippen molar-refractivity contribution in [1.29, 1.82) is 0 Å². The van der Waals surface area contributed by atoms with Gasteiger partial charge in [-0.1, -0.05) is 102 Å². The fourth-order valence-corrected chi connectivity index (χ4v) is 12.4. The van der Waals surface area contributed by atoms with Gasteiger partial charge in [-0.25, -0.2) is 4.85 Å². The van der Waals surface area contributed by atoms with Crippen LogP contribution < -0.4 is 15.4 Å². The standard InChI is InChI=1S/C55H65ClN8O7S/c1-32-21-24-72-46(32)35-15-13-34(14-16-35)33(2)58-48(67)44-26-38(65)29-63(44)50(69)47(53(3,4)5)59-45(66)31-70-23-12-11-22-62-30-43(60-61-62)36-17-19-40-37(25-36)28-64(49(40)68)51-54(6,7)52(55(51,8)9)71-39-18-20-42(57-10)41(56)27-39/h13-21,24-25,27,30,33,38,44,47,51-52,65H,11-12,22-23,26,28-29,31H2,1-9H3,(H,58,67)(H,59,66)/t33-,38+,44-,47+,51?,52?/m0/s1. The van der Waals surface area contributed by atoms with Crippen molar-refractivity contribution in [2.45, 2.75) is 131 Å². The van der Waals surface area contributed by atoms with Gasteiger partial charge in [0.05, 0.1) is 29.9 Å². The van der Waals surface area contributed by atoms with Gasteiger partial charge >= 0.3 is 0 Å². The lowest BCUT2D eigenvalue weighted by molar-refractivity contribution is -0.199. The van der Waals surface area contributed by atoms with Crippen LogP contribution in [0.3, 0.4) is 0 Å². The topological polar surface area (TPSA) is 173 Å². The number of ether oxygens (including phenoxy) is 2. The van der Waals surface area contributed by atoms with E-state index in [-0.39, 0.29) is 60.4 Å². The first-order valence-corrected chi connectivity index (χ1v) is 25.8. The molecule has 15 nitrogen and oxygen atoms in total. The van der Waals surface area contributed by atoms with Crippen LogP contribution >= 0.6 is 22.9 Å². The monoisotopic (exact) mass is 1020 g/mol. The number of nitrogens with zero attached hydrogens (tertiary/aromatic N) is 6. The zero-order valence-corrected chi connectivity index (χ0v) is 44.1. The second kappa shape index (κ2) is 20.8. The van der Waals surface area contributed by atoms with E-state index in [0.29, 0.717) is 60.3 Å². The molecule has 8 rings (SSSR count). The molecule has 72 heavy (non-hydrogen) atoms. The number of aliphatic hydroxyl groups excluding tert-OH is 1. The predicted octanol–water partition coefficient (Wildman–Crippen LogP) is 9.19. The highest BCUT2D eigenvalue weighted by atomic mass is 35.5. The van der Waals surface area contributed by atoms with Crippen molar-refractivity contribution in [2.75, 3.05) is 19.8 Å². The number of aromatic nitrogens is 3. The quantitative estimate of drug-likeness (QED) is 0.0607. The van der Waals surface area contributed by atoms with Crippen LogP contribution in [0, 0.1) is 29.7 Å². The molecule has 4 heterocycles. The third-order valence-corrected chi connectivity index (χ3v) is 15.8.